The Morgan fingerprint density at radius 1 is 1.24 bits per heavy atom. The van der Waals surface area contributed by atoms with E-state index in [1.54, 1.807) is 24.3 Å². The molecular weight excluding hydrogens is 291 g/mol. The predicted molar refractivity (Wildman–Crippen MR) is 81.7 cm³/mol. The molecule has 0 aliphatic heterocycles. The van der Waals surface area contributed by atoms with E-state index in [0.29, 0.717) is 11.3 Å². The maximum absolute atomic E-state index is 13.0. The van der Waals surface area contributed by atoms with Gasteiger partial charge in [-0.1, -0.05) is 23.4 Å². The summed E-state index contributed by atoms with van der Waals surface area (Å²) < 4.78 is 13.0. The largest absolute Gasteiger partial charge is 0.322 e. The van der Waals surface area contributed by atoms with Crippen molar-refractivity contribution in [2.45, 2.75) is 0 Å². The zero-order valence-electron chi connectivity index (χ0n) is 11.0. The normalized spacial score (nSPS) is 9.67. The third-order valence-corrected chi connectivity index (χ3v) is 2.95. The second kappa shape index (κ2) is 6.89. The molecule has 0 aromatic heterocycles. The maximum atomic E-state index is 13.0. The third-order valence-electron chi connectivity index (χ3n) is 2.66. The van der Waals surface area contributed by atoms with Crippen LogP contribution >= 0.6 is 11.6 Å². The second-order valence-corrected chi connectivity index (χ2v) is 4.57. The summed E-state index contributed by atoms with van der Waals surface area (Å²) in [5.74, 6) is 4.76. The van der Waals surface area contributed by atoms with Crippen molar-refractivity contribution in [1.82, 2.24) is 0 Å². The van der Waals surface area contributed by atoms with Gasteiger partial charge in [-0.2, -0.15) is 0 Å². The van der Waals surface area contributed by atoms with Gasteiger partial charge in [-0.25, -0.2) is 4.39 Å². The minimum atomic E-state index is -0.530. The molecule has 0 saturated carbocycles. The van der Waals surface area contributed by atoms with E-state index in [4.69, 9.17) is 17.3 Å². The van der Waals surface area contributed by atoms with Gasteiger partial charge in [-0.3, -0.25) is 4.79 Å². The van der Waals surface area contributed by atoms with E-state index in [9.17, 15) is 9.18 Å². The number of hydrogen-bond acceptors (Lipinski definition) is 2. The average molecular weight is 303 g/mol. The van der Waals surface area contributed by atoms with Gasteiger partial charge in [0.25, 0.3) is 5.91 Å². The van der Waals surface area contributed by atoms with Crippen LogP contribution in [0.3, 0.4) is 0 Å². The number of anilines is 1. The Balaban J connectivity index is 2.11. The van der Waals surface area contributed by atoms with Gasteiger partial charge in [0.1, 0.15) is 5.82 Å². The van der Waals surface area contributed by atoms with Crippen LogP contribution in [-0.4, -0.2) is 12.5 Å². The summed E-state index contributed by atoms with van der Waals surface area (Å²) in [7, 11) is 0. The highest BCUT2D eigenvalue weighted by Gasteiger charge is 2.07. The molecule has 106 valence electrons. The molecule has 0 atom stereocenters. The lowest BCUT2D eigenvalue weighted by atomic mass is 10.1. The Morgan fingerprint density at radius 2 is 1.95 bits per heavy atom. The number of nitrogens with two attached hydrogens (primary N) is 1. The van der Waals surface area contributed by atoms with Crippen molar-refractivity contribution in [2.24, 2.45) is 5.73 Å². The Hall–Kier alpha value is -2.35. The Bertz CT molecular complexity index is 717. The molecule has 0 saturated heterocycles. The lowest BCUT2D eigenvalue weighted by Gasteiger charge is -2.06. The molecule has 5 heteroatoms. The van der Waals surface area contributed by atoms with Crippen molar-refractivity contribution >= 4 is 23.2 Å². The van der Waals surface area contributed by atoms with E-state index in [1.165, 1.54) is 18.2 Å². The van der Waals surface area contributed by atoms with Gasteiger partial charge < -0.3 is 11.1 Å². The fourth-order valence-corrected chi connectivity index (χ4v) is 1.82. The Labute approximate surface area is 126 Å². The molecule has 3 nitrogen and oxygen atoms in total. The van der Waals surface area contributed by atoms with Crippen molar-refractivity contribution in [3.63, 3.8) is 0 Å². The summed E-state index contributed by atoms with van der Waals surface area (Å²) >= 11 is 5.66. The lowest BCUT2D eigenvalue weighted by molar-refractivity contribution is 0.102. The lowest BCUT2D eigenvalue weighted by Crippen LogP contribution is -2.11. The minimum absolute atomic E-state index is 0.0415. The van der Waals surface area contributed by atoms with E-state index in [0.717, 1.165) is 5.56 Å². The van der Waals surface area contributed by atoms with Crippen molar-refractivity contribution in [3.8, 4) is 11.8 Å². The predicted octanol–water partition coefficient (Wildman–Crippen LogP) is 3.04. The van der Waals surface area contributed by atoms with Gasteiger partial charge in [0, 0.05) is 16.8 Å². The van der Waals surface area contributed by atoms with Crippen molar-refractivity contribution in [1.29, 1.82) is 0 Å². The second-order valence-electron chi connectivity index (χ2n) is 4.17. The Morgan fingerprint density at radius 3 is 2.57 bits per heavy atom. The van der Waals surface area contributed by atoms with Crippen molar-refractivity contribution in [3.05, 3.63) is 64.4 Å². The first-order valence-electron chi connectivity index (χ1n) is 6.15. The molecular formula is C16H12ClFN2O. The van der Waals surface area contributed by atoms with Gasteiger partial charge in [-0.05, 0) is 42.5 Å². The van der Waals surface area contributed by atoms with Gasteiger partial charge in [0.2, 0.25) is 0 Å². The molecule has 3 N–H and O–H groups in total. The molecule has 0 unspecified atom stereocenters. The average Bonchev–Trinajstić information content (AvgIpc) is 2.49. The number of carbonyl (C=O) groups excluding carboxylic acids is 1. The smallest absolute Gasteiger partial charge is 0.255 e. The quantitative estimate of drug-likeness (QED) is 0.838. The highest BCUT2D eigenvalue weighted by molar-refractivity contribution is 6.31. The molecule has 0 spiro atoms. The Kier molecular flexibility index (Phi) is 4.94. The molecule has 2 aromatic rings. The zero-order chi connectivity index (χ0) is 15.2. The molecule has 0 radical (unpaired) electrons. The fraction of sp³-hybridized carbons (Fsp3) is 0.0625. The number of benzene rings is 2. The monoisotopic (exact) mass is 302 g/mol. The van der Waals surface area contributed by atoms with Crippen molar-refractivity contribution < 1.29 is 9.18 Å². The first-order chi connectivity index (χ1) is 10.1. The molecule has 0 fully saturated rings. The first kappa shape index (κ1) is 15.0. The highest BCUT2D eigenvalue weighted by Crippen LogP contribution is 2.20. The number of amides is 1. The van der Waals surface area contributed by atoms with Crippen LogP contribution in [0.15, 0.2) is 42.5 Å². The summed E-state index contributed by atoms with van der Waals surface area (Å²) in [6, 6.07) is 10.8. The van der Waals surface area contributed by atoms with Gasteiger partial charge in [-0.15, -0.1) is 0 Å². The number of halogens is 2. The zero-order valence-corrected chi connectivity index (χ0v) is 11.7. The van der Waals surface area contributed by atoms with Crippen LogP contribution in [0, 0.1) is 17.7 Å². The fourth-order valence-electron chi connectivity index (χ4n) is 1.64. The van der Waals surface area contributed by atoms with Gasteiger partial charge in [0.15, 0.2) is 0 Å². The van der Waals surface area contributed by atoms with Crippen LogP contribution in [-0.2, 0) is 0 Å². The highest BCUT2D eigenvalue weighted by atomic mass is 35.5. The van der Waals surface area contributed by atoms with Crippen LogP contribution < -0.4 is 11.1 Å². The summed E-state index contributed by atoms with van der Waals surface area (Å²) in [4.78, 5) is 12.0. The van der Waals surface area contributed by atoms with Gasteiger partial charge >= 0.3 is 0 Å². The number of hydrogen-bond donors (Lipinski definition) is 2. The topological polar surface area (TPSA) is 55.1 Å². The molecule has 0 aliphatic carbocycles. The van der Waals surface area contributed by atoms with E-state index in [1.807, 2.05) is 0 Å². The van der Waals surface area contributed by atoms with Crippen LogP contribution in [0.25, 0.3) is 0 Å². The van der Waals surface area contributed by atoms with E-state index >= 15 is 0 Å². The first-order valence-corrected chi connectivity index (χ1v) is 6.53. The SMILES string of the molecule is NCC#Cc1ccc(C(=O)Nc2ccc(F)c(Cl)c2)cc1. The number of rotatable bonds is 2. The summed E-state index contributed by atoms with van der Waals surface area (Å²) in [5.41, 5.74) is 6.96. The van der Waals surface area contributed by atoms with Crippen LogP contribution in [0.1, 0.15) is 15.9 Å². The molecule has 0 heterocycles. The maximum Gasteiger partial charge on any atom is 0.255 e. The van der Waals surface area contributed by atoms with E-state index in [2.05, 4.69) is 17.2 Å². The molecule has 0 bridgehead atoms. The van der Waals surface area contributed by atoms with Crippen LogP contribution in [0.2, 0.25) is 5.02 Å². The summed E-state index contributed by atoms with van der Waals surface area (Å²) in [5, 5.41) is 2.60. The minimum Gasteiger partial charge on any atom is -0.322 e. The van der Waals surface area contributed by atoms with E-state index < -0.39 is 5.82 Å². The third kappa shape index (κ3) is 4.06. The summed E-state index contributed by atoms with van der Waals surface area (Å²) in [6.45, 7) is 0.285. The van der Waals surface area contributed by atoms with Crippen molar-refractivity contribution in [2.75, 3.05) is 11.9 Å². The van der Waals surface area contributed by atoms with E-state index in [-0.39, 0.29) is 17.5 Å². The van der Waals surface area contributed by atoms with Crippen LogP contribution in [0.5, 0.6) is 0 Å². The van der Waals surface area contributed by atoms with Gasteiger partial charge in [0.05, 0.1) is 11.6 Å². The number of carbonyl (C=O) groups is 1. The molecule has 21 heavy (non-hydrogen) atoms. The molecule has 1 amide bonds. The molecule has 2 aromatic carbocycles. The number of nitrogens with one attached hydrogen (secondary N) is 1. The standard InChI is InChI=1S/C16H12ClFN2O/c17-14-10-13(7-8-15(14)18)20-16(21)12-5-3-11(4-6-12)2-1-9-19/h3-8,10H,9,19H2,(H,20,21). The molecule has 0 aliphatic rings. The molecule has 2 rings (SSSR count). The van der Waals surface area contributed by atoms with Crippen LogP contribution in [0.4, 0.5) is 10.1 Å². The summed E-state index contributed by atoms with van der Waals surface area (Å²) in [6.07, 6.45) is 0.